The Morgan fingerprint density at radius 3 is 2.30 bits per heavy atom. The van der Waals surface area contributed by atoms with Crippen molar-refractivity contribution in [1.29, 1.82) is 0 Å². The fourth-order valence-corrected chi connectivity index (χ4v) is 2.67. The molecule has 0 N–H and O–H groups in total. The molecule has 2 nitrogen and oxygen atoms in total. The van der Waals surface area contributed by atoms with Gasteiger partial charge in [0.25, 0.3) is 0 Å². The van der Waals surface area contributed by atoms with Gasteiger partial charge in [0.1, 0.15) is 5.69 Å². The van der Waals surface area contributed by atoms with Gasteiger partial charge in [-0.25, -0.2) is 4.98 Å². The highest BCUT2D eigenvalue weighted by atomic mass is 16.1. The van der Waals surface area contributed by atoms with Crippen LogP contribution >= 0.6 is 0 Å². The van der Waals surface area contributed by atoms with E-state index in [4.69, 9.17) is 0 Å². The Bertz CT molecular complexity index is 785. The molecule has 0 bridgehead atoms. The molecular formula is C18H15NO. The van der Waals surface area contributed by atoms with Crippen molar-refractivity contribution in [3.05, 3.63) is 65.4 Å². The number of hydrogen-bond acceptors (Lipinski definition) is 2. The molecule has 2 aromatic carbocycles. The fraction of sp³-hybridized carbons (Fsp3) is 0.111. The minimum absolute atomic E-state index is 0.469. The lowest BCUT2D eigenvalue weighted by Crippen LogP contribution is -1.93. The van der Waals surface area contributed by atoms with Gasteiger partial charge in [0.05, 0.1) is 5.52 Å². The van der Waals surface area contributed by atoms with Crippen LogP contribution in [0.25, 0.3) is 22.0 Å². The van der Waals surface area contributed by atoms with Gasteiger partial charge < -0.3 is 0 Å². The number of fused-ring (bicyclic) bond motifs is 1. The standard InChI is InChI=1S/C18H15NO/c1-12-5-3-6-13(2)17(12)16-8-4-7-14-9-10-15(11-20)19-18(14)16/h3-11H,1-2H3. The summed E-state index contributed by atoms with van der Waals surface area (Å²) in [6, 6.07) is 16.1. The molecule has 3 rings (SSSR count). The zero-order valence-electron chi connectivity index (χ0n) is 11.6. The summed E-state index contributed by atoms with van der Waals surface area (Å²) in [5.41, 5.74) is 6.08. The lowest BCUT2D eigenvalue weighted by Gasteiger charge is -2.12. The van der Waals surface area contributed by atoms with Crippen LogP contribution in [0.2, 0.25) is 0 Å². The highest BCUT2D eigenvalue weighted by Gasteiger charge is 2.10. The van der Waals surface area contributed by atoms with E-state index in [1.54, 1.807) is 6.07 Å². The van der Waals surface area contributed by atoms with E-state index in [9.17, 15) is 4.79 Å². The van der Waals surface area contributed by atoms with E-state index in [0.29, 0.717) is 5.69 Å². The van der Waals surface area contributed by atoms with Crippen LogP contribution in [-0.4, -0.2) is 11.3 Å². The summed E-state index contributed by atoms with van der Waals surface area (Å²) >= 11 is 0. The predicted octanol–water partition coefficient (Wildman–Crippen LogP) is 4.33. The van der Waals surface area contributed by atoms with E-state index < -0.39 is 0 Å². The van der Waals surface area contributed by atoms with Crippen molar-refractivity contribution in [3.63, 3.8) is 0 Å². The molecule has 0 saturated heterocycles. The maximum absolute atomic E-state index is 11.0. The molecule has 0 radical (unpaired) electrons. The SMILES string of the molecule is Cc1cccc(C)c1-c1cccc2ccc(C=O)nc12. The van der Waals surface area contributed by atoms with Crippen LogP contribution in [0.15, 0.2) is 48.5 Å². The predicted molar refractivity (Wildman–Crippen MR) is 82.0 cm³/mol. The van der Waals surface area contributed by atoms with Crippen LogP contribution < -0.4 is 0 Å². The largest absolute Gasteiger partial charge is 0.296 e. The van der Waals surface area contributed by atoms with E-state index in [1.807, 2.05) is 18.2 Å². The second-order valence-corrected chi connectivity index (χ2v) is 5.00. The van der Waals surface area contributed by atoms with Gasteiger partial charge in [-0.15, -0.1) is 0 Å². The highest BCUT2D eigenvalue weighted by Crippen LogP contribution is 2.32. The quantitative estimate of drug-likeness (QED) is 0.643. The van der Waals surface area contributed by atoms with Gasteiger partial charge in [0, 0.05) is 10.9 Å². The zero-order valence-corrected chi connectivity index (χ0v) is 11.6. The molecular weight excluding hydrogens is 246 g/mol. The summed E-state index contributed by atoms with van der Waals surface area (Å²) < 4.78 is 0. The van der Waals surface area contributed by atoms with E-state index in [2.05, 4.69) is 43.1 Å². The zero-order chi connectivity index (χ0) is 14.1. The molecule has 0 aliphatic carbocycles. The van der Waals surface area contributed by atoms with E-state index >= 15 is 0 Å². The third kappa shape index (κ3) is 1.99. The van der Waals surface area contributed by atoms with Crippen molar-refractivity contribution in [3.8, 4) is 11.1 Å². The summed E-state index contributed by atoms with van der Waals surface area (Å²) in [5.74, 6) is 0. The van der Waals surface area contributed by atoms with Gasteiger partial charge in [0.15, 0.2) is 6.29 Å². The summed E-state index contributed by atoms with van der Waals surface area (Å²) in [5, 5.41) is 1.05. The number of aromatic nitrogens is 1. The summed E-state index contributed by atoms with van der Waals surface area (Å²) in [4.78, 5) is 15.5. The van der Waals surface area contributed by atoms with Gasteiger partial charge >= 0.3 is 0 Å². The van der Waals surface area contributed by atoms with Crippen LogP contribution in [0.1, 0.15) is 21.6 Å². The van der Waals surface area contributed by atoms with Crippen LogP contribution in [-0.2, 0) is 0 Å². The van der Waals surface area contributed by atoms with Crippen LogP contribution in [0, 0.1) is 13.8 Å². The molecule has 0 spiro atoms. The molecule has 3 aromatic rings. The first-order valence-electron chi connectivity index (χ1n) is 6.62. The molecule has 0 amide bonds. The Kier molecular flexibility index (Phi) is 3.07. The lowest BCUT2D eigenvalue weighted by atomic mass is 9.94. The Balaban J connectivity index is 2.39. The van der Waals surface area contributed by atoms with Crippen molar-refractivity contribution in [2.75, 3.05) is 0 Å². The van der Waals surface area contributed by atoms with E-state index in [1.165, 1.54) is 16.7 Å². The van der Waals surface area contributed by atoms with Crippen LogP contribution in [0.5, 0.6) is 0 Å². The monoisotopic (exact) mass is 261 g/mol. The molecule has 0 aliphatic rings. The van der Waals surface area contributed by atoms with Crippen LogP contribution in [0.3, 0.4) is 0 Å². The number of para-hydroxylation sites is 1. The number of rotatable bonds is 2. The van der Waals surface area contributed by atoms with Gasteiger partial charge in [-0.05, 0) is 36.6 Å². The van der Waals surface area contributed by atoms with Crippen LogP contribution in [0.4, 0.5) is 0 Å². The first-order chi connectivity index (χ1) is 9.70. The Morgan fingerprint density at radius 2 is 1.60 bits per heavy atom. The third-order valence-corrected chi connectivity index (χ3v) is 3.61. The maximum atomic E-state index is 11.0. The number of pyridine rings is 1. The Morgan fingerprint density at radius 1 is 0.900 bits per heavy atom. The molecule has 2 heteroatoms. The molecule has 20 heavy (non-hydrogen) atoms. The van der Waals surface area contributed by atoms with Crippen molar-refractivity contribution < 1.29 is 4.79 Å². The van der Waals surface area contributed by atoms with Crippen molar-refractivity contribution >= 4 is 17.2 Å². The maximum Gasteiger partial charge on any atom is 0.168 e. The number of carbonyl (C=O) groups is 1. The molecule has 0 aliphatic heterocycles. The van der Waals surface area contributed by atoms with Gasteiger partial charge in [-0.3, -0.25) is 4.79 Å². The van der Waals surface area contributed by atoms with E-state index in [0.717, 1.165) is 22.8 Å². The van der Waals surface area contributed by atoms with Gasteiger partial charge in [0.2, 0.25) is 0 Å². The molecule has 0 unspecified atom stereocenters. The molecule has 0 saturated carbocycles. The lowest BCUT2D eigenvalue weighted by molar-refractivity contribution is 0.111. The average molecular weight is 261 g/mol. The molecule has 0 atom stereocenters. The van der Waals surface area contributed by atoms with E-state index in [-0.39, 0.29) is 0 Å². The van der Waals surface area contributed by atoms with Crippen molar-refractivity contribution in [2.45, 2.75) is 13.8 Å². The van der Waals surface area contributed by atoms with Gasteiger partial charge in [-0.2, -0.15) is 0 Å². The molecule has 0 fully saturated rings. The number of aldehydes is 1. The number of aryl methyl sites for hydroxylation is 2. The molecule has 1 heterocycles. The van der Waals surface area contributed by atoms with Crippen molar-refractivity contribution in [2.24, 2.45) is 0 Å². The normalized spacial score (nSPS) is 10.7. The second-order valence-electron chi connectivity index (χ2n) is 5.00. The van der Waals surface area contributed by atoms with Gasteiger partial charge in [-0.1, -0.05) is 42.5 Å². The number of benzene rings is 2. The third-order valence-electron chi connectivity index (χ3n) is 3.61. The highest BCUT2D eigenvalue weighted by molar-refractivity contribution is 5.96. The molecule has 1 aromatic heterocycles. The first kappa shape index (κ1) is 12.5. The number of hydrogen-bond donors (Lipinski definition) is 0. The summed E-state index contributed by atoms with van der Waals surface area (Å²) in [6.45, 7) is 4.20. The van der Waals surface area contributed by atoms with Crippen molar-refractivity contribution in [1.82, 2.24) is 4.98 Å². The number of carbonyl (C=O) groups excluding carboxylic acids is 1. The topological polar surface area (TPSA) is 30.0 Å². The summed E-state index contributed by atoms with van der Waals surface area (Å²) in [7, 11) is 0. The minimum Gasteiger partial charge on any atom is -0.296 e. The Labute approximate surface area is 118 Å². The molecule has 98 valence electrons. The minimum atomic E-state index is 0.469. The number of nitrogens with zero attached hydrogens (tertiary/aromatic N) is 1. The second kappa shape index (κ2) is 4.89. The summed E-state index contributed by atoms with van der Waals surface area (Å²) in [6.07, 6.45) is 0.793. The Hall–Kier alpha value is -2.48. The smallest absolute Gasteiger partial charge is 0.168 e. The first-order valence-corrected chi connectivity index (χ1v) is 6.62. The average Bonchev–Trinajstić information content (AvgIpc) is 2.47. The fourth-order valence-electron chi connectivity index (χ4n) is 2.67.